The van der Waals surface area contributed by atoms with Crippen LogP contribution in [0, 0.1) is 0 Å². The summed E-state index contributed by atoms with van der Waals surface area (Å²) in [6.07, 6.45) is 0.885. The number of Topliss-reactive ketones (excluding diaryl/α,β-unsaturated/α-hetero) is 1. The first-order valence-electron chi connectivity index (χ1n) is 3.19. The van der Waals surface area contributed by atoms with Crippen molar-refractivity contribution in [3.05, 3.63) is 12.2 Å². The molecule has 0 unspecified atom stereocenters. The quantitative estimate of drug-likeness (QED) is 0.376. The molecule has 0 saturated carbocycles. The molecule has 0 amide bonds. The van der Waals surface area contributed by atoms with Crippen LogP contribution in [0.25, 0.3) is 0 Å². The number of esters is 1. The molecular formula is C6H7N3O3. The Morgan fingerprint density at radius 3 is 2.92 bits per heavy atom. The fraction of sp³-hybridized carbons (Fsp3) is 0.333. The number of methoxy groups -OCH3 is 1. The van der Waals surface area contributed by atoms with Gasteiger partial charge in [0.25, 0.3) is 0 Å². The van der Waals surface area contributed by atoms with E-state index in [2.05, 4.69) is 19.9 Å². The van der Waals surface area contributed by atoms with E-state index in [1.807, 2.05) is 0 Å². The fourth-order valence-corrected chi connectivity index (χ4v) is 0.627. The minimum Gasteiger partial charge on any atom is -0.469 e. The number of rotatable bonds is 3. The number of carbonyl (C=O) groups excluding carboxylic acids is 2. The number of ether oxygens (including phenoxy) is 1. The first-order chi connectivity index (χ1) is 5.74. The summed E-state index contributed by atoms with van der Waals surface area (Å²) in [5.41, 5.74) is 0. The van der Waals surface area contributed by atoms with Crippen molar-refractivity contribution in [3.8, 4) is 0 Å². The summed E-state index contributed by atoms with van der Waals surface area (Å²) in [5, 5.41) is 5.82. The van der Waals surface area contributed by atoms with Crippen molar-refractivity contribution in [2.24, 2.45) is 0 Å². The van der Waals surface area contributed by atoms with Crippen LogP contribution in [0.2, 0.25) is 0 Å². The van der Waals surface area contributed by atoms with Crippen LogP contribution in [-0.4, -0.2) is 34.0 Å². The van der Waals surface area contributed by atoms with Gasteiger partial charge >= 0.3 is 5.97 Å². The summed E-state index contributed by atoms with van der Waals surface area (Å²) in [4.78, 5) is 25.2. The maximum atomic E-state index is 11.0. The maximum Gasteiger partial charge on any atom is 0.313 e. The predicted molar refractivity (Wildman–Crippen MR) is 37.3 cm³/mol. The molecule has 0 aliphatic heterocycles. The van der Waals surface area contributed by atoms with E-state index in [0.29, 0.717) is 0 Å². The summed E-state index contributed by atoms with van der Waals surface area (Å²) in [6.45, 7) is 0. The Hall–Kier alpha value is -1.72. The monoisotopic (exact) mass is 169 g/mol. The molecule has 0 bridgehead atoms. The van der Waals surface area contributed by atoms with Crippen molar-refractivity contribution in [1.82, 2.24) is 15.2 Å². The Morgan fingerprint density at radius 2 is 2.42 bits per heavy atom. The number of hydrogen-bond donors (Lipinski definition) is 1. The van der Waals surface area contributed by atoms with E-state index in [4.69, 9.17) is 0 Å². The van der Waals surface area contributed by atoms with Crippen LogP contribution in [0.15, 0.2) is 6.33 Å². The second kappa shape index (κ2) is 3.61. The van der Waals surface area contributed by atoms with Crippen molar-refractivity contribution in [2.45, 2.75) is 6.42 Å². The lowest BCUT2D eigenvalue weighted by Gasteiger charge is -1.94. The largest absolute Gasteiger partial charge is 0.469 e. The summed E-state index contributed by atoms with van der Waals surface area (Å²) in [7, 11) is 1.22. The van der Waals surface area contributed by atoms with E-state index in [1.165, 1.54) is 13.4 Å². The van der Waals surface area contributed by atoms with Gasteiger partial charge in [-0.3, -0.25) is 14.7 Å². The number of H-pyrrole nitrogens is 1. The van der Waals surface area contributed by atoms with Crippen LogP contribution in [0.5, 0.6) is 0 Å². The second-order valence-corrected chi connectivity index (χ2v) is 2.01. The van der Waals surface area contributed by atoms with Gasteiger partial charge in [0.15, 0.2) is 5.82 Å². The average molecular weight is 169 g/mol. The van der Waals surface area contributed by atoms with Gasteiger partial charge in [-0.2, -0.15) is 5.10 Å². The van der Waals surface area contributed by atoms with Gasteiger partial charge in [-0.15, -0.1) is 0 Å². The highest BCUT2D eigenvalue weighted by atomic mass is 16.5. The van der Waals surface area contributed by atoms with Gasteiger partial charge in [-0.05, 0) is 0 Å². The van der Waals surface area contributed by atoms with Gasteiger partial charge in [0.2, 0.25) is 5.78 Å². The van der Waals surface area contributed by atoms with E-state index in [-0.39, 0.29) is 12.2 Å². The summed E-state index contributed by atoms with van der Waals surface area (Å²) < 4.78 is 4.30. The molecule has 0 spiro atoms. The van der Waals surface area contributed by atoms with Crippen LogP contribution < -0.4 is 0 Å². The standard InChI is InChI=1S/C6H7N3O3/c1-12-5(11)2-4(10)6-7-3-8-9-6/h3H,2H2,1H3,(H,7,8,9). The number of aromatic nitrogens is 3. The second-order valence-electron chi connectivity index (χ2n) is 2.01. The average Bonchev–Trinajstić information content (AvgIpc) is 2.56. The zero-order valence-corrected chi connectivity index (χ0v) is 6.40. The number of carbonyl (C=O) groups is 2. The van der Waals surface area contributed by atoms with E-state index < -0.39 is 11.8 Å². The Bertz CT molecular complexity index is 280. The zero-order valence-electron chi connectivity index (χ0n) is 6.40. The van der Waals surface area contributed by atoms with E-state index in [1.54, 1.807) is 0 Å². The molecule has 0 fully saturated rings. The van der Waals surface area contributed by atoms with Gasteiger partial charge in [-0.25, -0.2) is 4.98 Å². The van der Waals surface area contributed by atoms with E-state index in [9.17, 15) is 9.59 Å². The number of nitrogens with one attached hydrogen (secondary N) is 1. The smallest absolute Gasteiger partial charge is 0.313 e. The first kappa shape index (κ1) is 8.38. The molecule has 1 N–H and O–H groups in total. The molecule has 1 aromatic rings. The molecule has 1 aromatic heterocycles. The zero-order chi connectivity index (χ0) is 8.97. The van der Waals surface area contributed by atoms with Gasteiger partial charge in [0, 0.05) is 0 Å². The predicted octanol–water partition coefficient (Wildman–Crippen LogP) is -0.450. The van der Waals surface area contributed by atoms with Gasteiger partial charge in [-0.1, -0.05) is 0 Å². The van der Waals surface area contributed by atoms with Crippen molar-refractivity contribution in [3.63, 3.8) is 0 Å². The molecule has 0 aliphatic carbocycles. The van der Waals surface area contributed by atoms with Crippen molar-refractivity contribution < 1.29 is 14.3 Å². The summed E-state index contributed by atoms with van der Waals surface area (Å²) in [6, 6.07) is 0. The normalized spacial score (nSPS) is 9.42. The molecule has 0 atom stereocenters. The van der Waals surface area contributed by atoms with Crippen molar-refractivity contribution in [1.29, 1.82) is 0 Å². The lowest BCUT2D eigenvalue weighted by Crippen LogP contribution is -2.10. The minimum atomic E-state index is -0.587. The van der Waals surface area contributed by atoms with E-state index in [0.717, 1.165) is 0 Å². The van der Waals surface area contributed by atoms with Gasteiger partial charge in [0.05, 0.1) is 7.11 Å². The lowest BCUT2D eigenvalue weighted by atomic mass is 10.3. The van der Waals surface area contributed by atoms with Gasteiger partial charge in [0.1, 0.15) is 12.7 Å². The Morgan fingerprint density at radius 1 is 1.67 bits per heavy atom. The van der Waals surface area contributed by atoms with Crippen LogP contribution in [-0.2, 0) is 9.53 Å². The highest BCUT2D eigenvalue weighted by molar-refractivity contribution is 6.03. The van der Waals surface area contributed by atoms with Crippen LogP contribution >= 0.6 is 0 Å². The molecular weight excluding hydrogens is 162 g/mol. The topological polar surface area (TPSA) is 84.9 Å². The third-order valence-electron chi connectivity index (χ3n) is 1.21. The number of hydrogen-bond acceptors (Lipinski definition) is 5. The third-order valence-corrected chi connectivity index (χ3v) is 1.21. The molecule has 1 heterocycles. The Kier molecular flexibility index (Phi) is 2.52. The highest BCUT2D eigenvalue weighted by Gasteiger charge is 2.13. The van der Waals surface area contributed by atoms with Crippen molar-refractivity contribution in [2.75, 3.05) is 7.11 Å². The molecule has 0 radical (unpaired) electrons. The molecule has 6 heteroatoms. The summed E-state index contributed by atoms with van der Waals surface area (Å²) in [5.74, 6) is -0.948. The maximum absolute atomic E-state index is 11.0. The molecule has 0 saturated heterocycles. The molecule has 1 rings (SSSR count). The molecule has 64 valence electrons. The molecule has 6 nitrogen and oxygen atoms in total. The third kappa shape index (κ3) is 1.88. The minimum absolute atomic E-state index is 0.0698. The number of nitrogens with zero attached hydrogens (tertiary/aromatic N) is 2. The van der Waals surface area contributed by atoms with Crippen LogP contribution in [0.1, 0.15) is 17.0 Å². The Balaban J connectivity index is 2.56. The fourth-order valence-electron chi connectivity index (χ4n) is 0.627. The first-order valence-corrected chi connectivity index (χ1v) is 3.19. The highest BCUT2D eigenvalue weighted by Crippen LogP contribution is 1.94. The number of aromatic amines is 1. The van der Waals surface area contributed by atoms with Crippen molar-refractivity contribution >= 4 is 11.8 Å². The van der Waals surface area contributed by atoms with Crippen LogP contribution in [0.4, 0.5) is 0 Å². The lowest BCUT2D eigenvalue weighted by molar-refractivity contribution is -0.139. The number of ketones is 1. The Labute approximate surface area is 67.9 Å². The molecule has 0 aromatic carbocycles. The van der Waals surface area contributed by atoms with Crippen LogP contribution in [0.3, 0.4) is 0 Å². The van der Waals surface area contributed by atoms with E-state index >= 15 is 0 Å². The molecule has 12 heavy (non-hydrogen) atoms. The van der Waals surface area contributed by atoms with Gasteiger partial charge < -0.3 is 4.74 Å². The molecule has 0 aliphatic rings. The summed E-state index contributed by atoms with van der Waals surface area (Å²) >= 11 is 0. The SMILES string of the molecule is COC(=O)CC(=O)c1ncn[nH]1.